The zero-order chi connectivity index (χ0) is 10.7. The predicted octanol–water partition coefficient (Wildman–Crippen LogP) is 0.817. The van der Waals surface area contributed by atoms with Gasteiger partial charge in [0, 0.05) is 17.1 Å². The molecule has 1 aromatic heterocycles. The van der Waals surface area contributed by atoms with E-state index in [0.29, 0.717) is 5.56 Å². The van der Waals surface area contributed by atoms with Crippen molar-refractivity contribution in [2.75, 3.05) is 5.33 Å². The third-order valence-electron chi connectivity index (χ3n) is 1.74. The summed E-state index contributed by atoms with van der Waals surface area (Å²) in [5, 5.41) is 19.1. The van der Waals surface area contributed by atoms with Gasteiger partial charge >= 0.3 is 0 Å². The van der Waals surface area contributed by atoms with Crippen LogP contribution < -0.4 is 5.56 Å². The minimum Gasteiger partial charge on any atom is -0.389 e. The summed E-state index contributed by atoms with van der Waals surface area (Å²) in [6.45, 7) is 0. The van der Waals surface area contributed by atoms with Crippen molar-refractivity contribution in [3.05, 3.63) is 33.2 Å². The fourth-order valence-electron chi connectivity index (χ4n) is 0.949. The van der Waals surface area contributed by atoms with Crippen LogP contribution in [0.25, 0.3) is 0 Å². The second-order valence-corrected chi connectivity index (χ2v) is 3.83. The molecule has 2 unspecified atom stereocenters. The molecule has 1 aromatic rings. The van der Waals surface area contributed by atoms with Gasteiger partial charge in [-0.3, -0.25) is 4.79 Å². The van der Waals surface area contributed by atoms with Gasteiger partial charge in [0.25, 0.3) is 5.56 Å². The Hall–Kier alpha value is -0.360. The molecule has 6 heteroatoms. The third-order valence-corrected chi connectivity index (χ3v) is 2.69. The van der Waals surface area contributed by atoms with Gasteiger partial charge in [-0.1, -0.05) is 27.5 Å². The molecule has 0 saturated heterocycles. The van der Waals surface area contributed by atoms with E-state index >= 15 is 0 Å². The van der Waals surface area contributed by atoms with Gasteiger partial charge in [-0.2, -0.15) is 0 Å². The number of rotatable bonds is 3. The predicted molar refractivity (Wildman–Crippen MR) is 56.8 cm³/mol. The summed E-state index contributed by atoms with van der Waals surface area (Å²) < 4.78 is 0. The van der Waals surface area contributed by atoms with Gasteiger partial charge < -0.3 is 15.2 Å². The van der Waals surface area contributed by atoms with Crippen LogP contribution in [0.3, 0.4) is 0 Å². The van der Waals surface area contributed by atoms with Gasteiger partial charge in [0.15, 0.2) is 0 Å². The van der Waals surface area contributed by atoms with Crippen LogP contribution in [-0.2, 0) is 0 Å². The highest BCUT2D eigenvalue weighted by Gasteiger charge is 2.17. The fraction of sp³-hybridized carbons (Fsp3) is 0.375. The number of hydrogen-bond donors (Lipinski definition) is 3. The molecular formula is C8H9BrClNO3. The van der Waals surface area contributed by atoms with E-state index in [1.54, 1.807) is 0 Å². The van der Waals surface area contributed by atoms with Gasteiger partial charge in [0.1, 0.15) is 11.1 Å². The van der Waals surface area contributed by atoms with Crippen LogP contribution in [0.2, 0.25) is 5.02 Å². The lowest BCUT2D eigenvalue weighted by Gasteiger charge is -2.15. The minimum absolute atomic E-state index is 0.0108. The normalized spacial score (nSPS) is 15.1. The van der Waals surface area contributed by atoms with Crippen molar-refractivity contribution >= 4 is 27.5 Å². The Balaban J connectivity index is 2.96. The molecule has 0 spiro atoms. The molecule has 0 bridgehead atoms. The number of aliphatic hydroxyl groups is 2. The SMILES string of the molecule is O=c1[nH]cc(C(O)C(O)CBr)cc1Cl. The van der Waals surface area contributed by atoms with Crippen molar-refractivity contribution < 1.29 is 10.2 Å². The number of aliphatic hydroxyl groups excluding tert-OH is 2. The molecular weight excluding hydrogens is 273 g/mol. The number of alkyl halides is 1. The summed E-state index contributed by atoms with van der Waals surface area (Å²) >= 11 is 8.59. The minimum atomic E-state index is -1.07. The monoisotopic (exact) mass is 281 g/mol. The number of pyridine rings is 1. The van der Waals surface area contributed by atoms with Crippen molar-refractivity contribution in [1.29, 1.82) is 0 Å². The van der Waals surface area contributed by atoms with E-state index in [4.69, 9.17) is 11.6 Å². The Labute approximate surface area is 93.7 Å². The molecule has 1 rings (SSSR count). The first-order valence-corrected chi connectivity index (χ1v) is 5.36. The number of H-pyrrole nitrogens is 1. The molecule has 1 heterocycles. The van der Waals surface area contributed by atoms with E-state index in [-0.39, 0.29) is 10.4 Å². The van der Waals surface area contributed by atoms with Crippen molar-refractivity contribution in [1.82, 2.24) is 4.98 Å². The molecule has 0 saturated carbocycles. The Kier molecular flexibility index (Phi) is 4.12. The number of aromatic amines is 1. The summed E-state index contributed by atoms with van der Waals surface area (Å²) in [7, 11) is 0. The Bertz CT molecular complexity index is 368. The van der Waals surface area contributed by atoms with Gasteiger partial charge in [-0.25, -0.2) is 0 Å². The van der Waals surface area contributed by atoms with Gasteiger partial charge in [0.2, 0.25) is 0 Å². The summed E-state index contributed by atoms with van der Waals surface area (Å²) in [4.78, 5) is 13.2. The number of halogens is 2. The van der Waals surface area contributed by atoms with E-state index < -0.39 is 17.8 Å². The van der Waals surface area contributed by atoms with Crippen LogP contribution in [0.15, 0.2) is 17.1 Å². The van der Waals surface area contributed by atoms with Crippen LogP contribution >= 0.6 is 27.5 Å². The highest BCUT2D eigenvalue weighted by Crippen LogP contribution is 2.18. The van der Waals surface area contributed by atoms with E-state index in [1.807, 2.05) is 0 Å². The molecule has 2 atom stereocenters. The summed E-state index contributed by atoms with van der Waals surface area (Å²) in [5.74, 6) is 0. The molecule has 0 aromatic carbocycles. The second kappa shape index (κ2) is 4.93. The third kappa shape index (κ3) is 2.57. The summed E-state index contributed by atoms with van der Waals surface area (Å²) in [6.07, 6.45) is -0.675. The zero-order valence-electron chi connectivity index (χ0n) is 7.08. The van der Waals surface area contributed by atoms with Gasteiger partial charge in [-0.05, 0) is 6.07 Å². The molecule has 0 amide bonds. The molecule has 3 N–H and O–H groups in total. The maximum Gasteiger partial charge on any atom is 0.266 e. The topological polar surface area (TPSA) is 73.3 Å². The highest BCUT2D eigenvalue weighted by molar-refractivity contribution is 9.09. The maximum absolute atomic E-state index is 10.9. The van der Waals surface area contributed by atoms with Crippen molar-refractivity contribution in [2.45, 2.75) is 12.2 Å². The maximum atomic E-state index is 10.9. The van der Waals surface area contributed by atoms with Gasteiger partial charge in [0.05, 0.1) is 6.10 Å². The lowest BCUT2D eigenvalue weighted by molar-refractivity contribution is 0.0340. The largest absolute Gasteiger partial charge is 0.389 e. The smallest absolute Gasteiger partial charge is 0.266 e. The molecule has 0 aliphatic carbocycles. The van der Waals surface area contributed by atoms with Gasteiger partial charge in [-0.15, -0.1) is 0 Å². The first kappa shape index (κ1) is 11.7. The number of hydrogen-bond acceptors (Lipinski definition) is 3. The highest BCUT2D eigenvalue weighted by atomic mass is 79.9. The molecule has 0 aliphatic rings. The average Bonchev–Trinajstić information content (AvgIpc) is 2.20. The molecule has 0 aliphatic heterocycles. The van der Waals surface area contributed by atoms with E-state index in [2.05, 4.69) is 20.9 Å². The van der Waals surface area contributed by atoms with Crippen molar-refractivity contribution in [3.63, 3.8) is 0 Å². The molecule has 0 fully saturated rings. The van der Waals surface area contributed by atoms with Crippen LogP contribution in [0.5, 0.6) is 0 Å². The number of aromatic nitrogens is 1. The molecule has 0 radical (unpaired) electrons. The van der Waals surface area contributed by atoms with Crippen molar-refractivity contribution in [2.24, 2.45) is 0 Å². The lowest BCUT2D eigenvalue weighted by atomic mass is 10.1. The molecule has 78 valence electrons. The van der Waals surface area contributed by atoms with E-state index in [0.717, 1.165) is 0 Å². The summed E-state index contributed by atoms with van der Waals surface area (Å²) in [5.41, 5.74) is -0.0440. The van der Waals surface area contributed by atoms with Crippen LogP contribution in [0.4, 0.5) is 0 Å². The number of nitrogens with one attached hydrogen (secondary N) is 1. The first-order valence-electron chi connectivity index (χ1n) is 3.86. The Morgan fingerprint density at radius 3 is 2.71 bits per heavy atom. The van der Waals surface area contributed by atoms with Crippen molar-refractivity contribution in [3.8, 4) is 0 Å². The zero-order valence-corrected chi connectivity index (χ0v) is 9.42. The van der Waals surface area contributed by atoms with E-state index in [9.17, 15) is 15.0 Å². The van der Waals surface area contributed by atoms with Crippen LogP contribution in [-0.4, -0.2) is 26.6 Å². The van der Waals surface area contributed by atoms with Crippen LogP contribution in [0, 0.1) is 0 Å². The quantitative estimate of drug-likeness (QED) is 0.719. The molecule has 4 nitrogen and oxygen atoms in total. The lowest BCUT2D eigenvalue weighted by Crippen LogP contribution is -2.20. The fourth-order valence-corrected chi connectivity index (χ4v) is 1.48. The first-order chi connectivity index (χ1) is 6.56. The average molecular weight is 283 g/mol. The Morgan fingerprint density at radius 2 is 2.21 bits per heavy atom. The Morgan fingerprint density at radius 1 is 1.57 bits per heavy atom. The molecule has 14 heavy (non-hydrogen) atoms. The second-order valence-electron chi connectivity index (χ2n) is 2.78. The standard InChI is InChI=1S/C8H9BrClNO3/c9-2-6(12)7(13)4-1-5(10)8(14)11-3-4/h1,3,6-7,12-13H,2H2,(H,11,14). The van der Waals surface area contributed by atoms with E-state index in [1.165, 1.54) is 12.3 Å². The summed E-state index contributed by atoms with van der Waals surface area (Å²) in [6, 6.07) is 1.33. The van der Waals surface area contributed by atoms with Crippen LogP contribution in [0.1, 0.15) is 11.7 Å².